The number of aliphatic carboxylic acids is 1. The number of hydrogen-bond acceptors (Lipinski definition) is 3. The van der Waals surface area contributed by atoms with Crippen molar-refractivity contribution in [2.75, 3.05) is 5.32 Å². The molecular weight excluding hydrogens is 320 g/mol. The van der Waals surface area contributed by atoms with Crippen LogP contribution in [-0.2, 0) is 11.2 Å². The molecule has 0 bridgehead atoms. The number of aromatic amines is 1. The number of pyridine rings is 1. The van der Waals surface area contributed by atoms with Crippen LogP contribution in [0.15, 0.2) is 41.2 Å². The Morgan fingerprint density at radius 3 is 2.32 bits per heavy atom. The highest BCUT2D eigenvalue weighted by Crippen LogP contribution is 2.18. The van der Waals surface area contributed by atoms with Crippen LogP contribution in [0.2, 0.25) is 0 Å². The van der Waals surface area contributed by atoms with Gasteiger partial charge in [0.1, 0.15) is 0 Å². The number of amides is 1. The number of benzene rings is 1. The number of nitrogens with one attached hydrogen (secondary N) is 2. The molecule has 0 saturated carbocycles. The third-order valence-corrected chi connectivity index (χ3v) is 3.83. The van der Waals surface area contributed by atoms with Gasteiger partial charge in [-0.3, -0.25) is 14.4 Å². The summed E-state index contributed by atoms with van der Waals surface area (Å²) in [4.78, 5) is 37.8. The molecule has 0 spiro atoms. The topological polar surface area (TPSA) is 99.3 Å². The third kappa shape index (κ3) is 5.04. The second-order valence-corrected chi connectivity index (χ2v) is 6.49. The van der Waals surface area contributed by atoms with Crippen LogP contribution in [0, 0.1) is 5.92 Å². The summed E-state index contributed by atoms with van der Waals surface area (Å²) >= 11 is 0. The molecule has 1 atom stereocenters. The van der Waals surface area contributed by atoms with Gasteiger partial charge in [0.25, 0.3) is 5.91 Å². The Balaban J connectivity index is 2.15. The van der Waals surface area contributed by atoms with Crippen LogP contribution in [0.1, 0.15) is 48.3 Å². The number of H-pyrrole nitrogens is 1. The van der Waals surface area contributed by atoms with E-state index >= 15 is 0 Å². The summed E-state index contributed by atoms with van der Waals surface area (Å²) in [7, 11) is 0. The van der Waals surface area contributed by atoms with E-state index in [0.29, 0.717) is 29.2 Å². The normalized spacial score (nSPS) is 12.0. The molecule has 0 aliphatic rings. The molecule has 1 unspecified atom stereocenters. The lowest BCUT2D eigenvalue weighted by Crippen LogP contribution is -2.18. The van der Waals surface area contributed by atoms with E-state index in [2.05, 4.69) is 10.3 Å². The minimum absolute atomic E-state index is 0.294. The van der Waals surface area contributed by atoms with Crippen molar-refractivity contribution in [1.29, 1.82) is 0 Å². The predicted molar refractivity (Wildman–Crippen MR) is 96.1 cm³/mol. The molecular formula is C19H22N2O4. The number of carbonyl (C=O) groups excluding carboxylic acids is 1. The van der Waals surface area contributed by atoms with Crippen molar-refractivity contribution in [3.8, 4) is 0 Å². The van der Waals surface area contributed by atoms with Crippen molar-refractivity contribution in [2.45, 2.75) is 33.1 Å². The third-order valence-electron chi connectivity index (χ3n) is 3.83. The fraction of sp³-hybridized carbons (Fsp3) is 0.316. The Hall–Kier alpha value is -2.89. The summed E-state index contributed by atoms with van der Waals surface area (Å²) in [6.07, 6.45) is 0.679. The van der Waals surface area contributed by atoms with Gasteiger partial charge >= 0.3 is 5.97 Å². The number of anilines is 1. The van der Waals surface area contributed by atoms with E-state index in [0.717, 1.165) is 5.69 Å². The molecule has 0 aliphatic carbocycles. The van der Waals surface area contributed by atoms with Crippen LogP contribution >= 0.6 is 0 Å². The number of carboxylic acids is 1. The summed E-state index contributed by atoms with van der Waals surface area (Å²) in [5.74, 6) is -1.54. The molecule has 1 aromatic carbocycles. The highest BCUT2D eigenvalue weighted by atomic mass is 16.4. The quantitative estimate of drug-likeness (QED) is 0.751. The predicted octanol–water partition coefficient (Wildman–Crippen LogP) is 3.01. The molecule has 0 saturated heterocycles. The lowest BCUT2D eigenvalue weighted by atomic mass is 10.0. The van der Waals surface area contributed by atoms with Crippen molar-refractivity contribution in [3.05, 3.63) is 63.6 Å². The maximum Gasteiger partial charge on any atom is 0.310 e. The van der Waals surface area contributed by atoms with Gasteiger partial charge in [-0.15, -0.1) is 0 Å². The van der Waals surface area contributed by atoms with Gasteiger partial charge in [-0.2, -0.15) is 0 Å². The monoisotopic (exact) mass is 342 g/mol. The van der Waals surface area contributed by atoms with Crippen molar-refractivity contribution in [1.82, 2.24) is 4.98 Å². The zero-order valence-electron chi connectivity index (χ0n) is 14.5. The van der Waals surface area contributed by atoms with E-state index in [1.54, 1.807) is 37.3 Å². The molecule has 25 heavy (non-hydrogen) atoms. The van der Waals surface area contributed by atoms with Gasteiger partial charge in [0.2, 0.25) is 5.56 Å². The SMILES string of the molecule is CC(C)Cc1cc(C(=O)Nc2ccc(C(C)C(=O)O)cc2)cc(=O)[nH]1. The van der Waals surface area contributed by atoms with Gasteiger partial charge in [-0.05, 0) is 43.0 Å². The summed E-state index contributed by atoms with van der Waals surface area (Å²) in [5, 5.41) is 11.7. The first-order valence-electron chi connectivity index (χ1n) is 8.13. The fourth-order valence-corrected chi connectivity index (χ4v) is 2.48. The molecule has 1 amide bonds. The molecule has 2 aromatic rings. The van der Waals surface area contributed by atoms with E-state index in [-0.39, 0.29) is 11.5 Å². The van der Waals surface area contributed by atoms with Gasteiger partial charge in [0, 0.05) is 23.0 Å². The van der Waals surface area contributed by atoms with Crippen LogP contribution in [0.3, 0.4) is 0 Å². The number of hydrogen-bond donors (Lipinski definition) is 3. The first kappa shape index (κ1) is 18.4. The molecule has 0 fully saturated rings. The second kappa shape index (κ2) is 7.79. The average molecular weight is 342 g/mol. The smallest absolute Gasteiger partial charge is 0.310 e. The zero-order valence-corrected chi connectivity index (χ0v) is 14.5. The van der Waals surface area contributed by atoms with Crippen LogP contribution in [0.4, 0.5) is 5.69 Å². The fourth-order valence-electron chi connectivity index (χ4n) is 2.48. The number of carboxylic acid groups (broad SMARTS) is 1. The van der Waals surface area contributed by atoms with Gasteiger partial charge in [-0.25, -0.2) is 0 Å². The van der Waals surface area contributed by atoms with E-state index in [9.17, 15) is 14.4 Å². The first-order valence-corrected chi connectivity index (χ1v) is 8.13. The Morgan fingerprint density at radius 1 is 1.12 bits per heavy atom. The number of rotatable bonds is 6. The Morgan fingerprint density at radius 2 is 1.76 bits per heavy atom. The minimum Gasteiger partial charge on any atom is -0.481 e. The molecule has 6 nitrogen and oxygen atoms in total. The van der Waals surface area contributed by atoms with Crippen LogP contribution in [-0.4, -0.2) is 22.0 Å². The maximum atomic E-state index is 12.4. The molecule has 132 valence electrons. The van der Waals surface area contributed by atoms with Crippen LogP contribution in [0.5, 0.6) is 0 Å². The van der Waals surface area contributed by atoms with Crippen molar-refractivity contribution in [2.24, 2.45) is 5.92 Å². The maximum absolute atomic E-state index is 12.4. The van der Waals surface area contributed by atoms with E-state index < -0.39 is 11.9 Å². The van der Waals surface area contributed by atoms with Gasteiger partial charge in [0.05, 0.1) is 5.92 Å². The second-order valence-electron chi connectivity index (χ2n) is 6.49. The summed E-state index contributed by atoms with van der Waals surface area (Å²) in [6, 6.07) is 9.56. The van der Waals surface area contributed by atoms with E-state index in [1.165, 1.54) is 6.07 Å². The molecule has 0 aliphatic heterocycles. The number of aromatic nitrogens is 1. The lowest BCUT2D eigenvalue weighted by Gasteiger charge is -2.10. The van der Waals surface area contributed by atoms with Gasteiger partial charge < -0.3 is 15.4 Å². The van der Waals surface area contributed by atoms with E-state index in [1.807, 2.05) is 13.8 Å². The molecule has 2 rings (SSSR count). The van der Waals surface area contributed by atoms with Crippen molar-refractivity contribution in [3.63, 3.8) is 0 Å². The Kier molecular flexibility index (Phi) is 5.75. The minimum atomic E-state index is -0.905. The molecule has 3 N–H and O–H groups in total. The average Bonchev–Trinajstić information content (AvgIpc) is 2.53. The highest BCUT2D eigenvalue weighted by Gasteiger charge is 2.14. The zero-order chi connectivity index (χ0) is 18.6. The van der Waals surface area contributed by atoms with Crippen molar-refractivity contribution < 1.29 is 14.7 Å². The highest BCUT2D eigenvalue weighted by molar-refractivity contribution is 6.04. The van der Waals surface area contributed by atoms with Crippen molar-refractivity contribution >= 4 is 17.6 Å². The summed E-state index contributed by atoms with van der Waals surface area (Å²) < 4.78 is 0. The van der Waals surface area contributed by atoms with Gasteiger partial charge in [0.15, 0.2) is 0 Å². The first-order chi connectivity index (χ1) is 11.8. The largest absolute Gasteiger partial charge is 0.481 e. The van der Waals surface area contributed by atoms with E-state index in [4.69, 9.17) is 5.11 Å². The molecule has 0 radical (unpaired) electrons. The standard InChI is InChI=1S/C19H22N2O4/c1-11(2)8-16-9-14(10-17(22)20-16)18(23)21-15-6-4-13(5-7-15)12(3)19(24)25/h4-7,9-12H,8H2,1-3H3,(H,20,22)(H,21,23)(H,24,25). The Labute approximate surface area is 145 Å². The summed E-state index contributed by atoms with van der Waals surface area (Å²) in [5.41, 5.74) is 1.90. The van der Waals surface area contributed by atoms with Crippen LogP contribution in [0.25, 0.3) is 0 Å². The summed E-state index contributed by atoms with van der Waals surface area (Å²) in [6.45, 7) is 5.66. The lowest BCUT2D eigenvalue weighted by molar-refractivity contribution is -0.138. The molecule has 1 aromatic heterocycles. The number of carbonyl (C=O) groups is 2. The Bertz CT molecular complexity index is 822. The molecule has 1 heterocycles. The molecule has 6 heteroatoms. The van der Waals surface area contributed by atoms with Crippen LogP contribution < -0.4 is 10.9 Å². The van der Waals surface area contributed by atoms with Gasteiger partial charge in [-0.1, -0.05) is 26.0 Å².